The number of benzene rings is 1. The van der Waals surface area contributed by atoms with Crippen molar-refractivity contribution in [3.63, 3.8) is 0 Å². The first-order chi connectivity index (χ1) is 9.02. The van der Waals surface area contributed by atoms with E-state index in [1.807, 2.05) is 12.1 Å². The van der Waals surface area contributed by atoms with E-state index in [1.54, 1.807) is 43.6 Å². The van der Waals surface area contributed by atoms with Crippen LogP contribution in [0.4, 0.5) is 5.69 Å². The number of anilines is 1. The Balaban J connectivity index is 2.38. The number of aromatic nitrogens is 1. The lowest BCUT2D eigenvalue weighted by Gasteiger charge is -2.25. The van der Waals surface area contributed by atoms with Gasteiger partial charge < -0.3 is 10.8 Å². The molecule has 0 aliphatic carbocycles. The van der Waals surface area contributed by atoms with E-state index in [0.29, 0.717) is 12.1 Å². The fraction of sp³-hybridized carbons (Fsp3) is 0.200. The van der Waals surface area contributed by atoms with Crippen molar-refractivity contribution >= 4 is 11.7 Å². The Morgan fingerprint density at radius 3 is 2.32 bits per heavy atom. The topological polar surface area (TPSA) is 76.2 Å². The third kappa shape index (κ3) is 2.73. The number of hydrogen-bond donors (Lipinski definition) is 2. The summed E-state index contributed by atoms with van der Waals surface area (Å²) in [6.45, 7) is 1.72. The van der Waals surface area contributed by atoms with Crippen molar-refractivity contribution in [1.82, 2.24) is 4.98 Å². The minimum atomic E-state index is -0.977. The fourth-order valence-corrected chi connectivity index (χ4v) is 2.06. The number of pyridine rings is 1. The van der Waals surface area contributed by atoms with Crippen LogP contribution in [0.15, 0.2) is 48.8 Å². The summed E-state index contributed by atoms with van der Waals surface area (Å²) in [5, 5.41) is 9.57. The van der Waals surface area contributed by atoms with E-state index in [0.717, 1.165) is 11.1 Å². The molecule has 0 spiro atoms. The van der Waals surface area contributed by atoms with Crippen LogP contribution in [0.5, 0.6) is 0 Å². The number of carboxylic acids is 1. The monoisotopic (exact) mass is 256 g/mol. The van der Waals surface area contributed by atoms with Crippen LogP contribution >= 0.6 is 0 Å². The molecule has 2 rings (SSSR count). The Morgan fingerprint density at radius 1 is 1.21 bits per heavy atom. The van der Waals surface area contributed by atoms with Gasteiger partial charge in [-0.3, -0.25) is 9.78 Å². The molecule has 1 heterocycles. The summed E-state index contributed by atoms with van der Waals surface area (Å²) in [4.78, 5) is 15.6. The van der Waals surface area contributed by atoms with Crippen LogP contribution in [0.3, 0.4) is 0 Å². The molecule has 0 radical (unpaired) electrons. The molecule has 2 aromatic rings. The molecule has 0 saturated carbocycles. The van der Waals surface area contributed by atoms with Crippen LogP contribution in [0.2, 0.25) is 0 Å². The van der Waals surface area contributed by atoms with E-state index in [2.05, 4.69) is 4.98 Å². The lowest BCUT2D eigenvalue weighted by atomic mass is 9.77. The molecular formula is C15H16N2O2. The predicted octanol–water partition coefficient (Wildman–Crippen LogP) is 2.25. The minimum absolute atomic E-state index is 0.411. The zero-order valence-electron chi connectivity index (χ0n) is 10.7. The lowest BCUT2D eigenvalue weighted by Crippen LogP contribution is -2.34. The molecule has 98 valence electrons. The zero-order chi connectivity index (χ0) is 13.9. The van der Waals surface area contributed by atoms with Gasteiger partial charge in [-0.1, -0.05) is 12.1 Å². The van der Waals surface area contributed by atoms with Gasteiger partial charge in [0.25, 0.3) is 0 Å². The average molecular weight is 256 g/mol. The van der Waals surface area contributed by atoms with Crippen LogP contribution < -0.4 is 5.73 Å². The lowest BCUT2D eigenvalue weighted by molar-refractivity contribution is -0.143. The summed E-state index contributed by atoms with van der Waals surface area (Å²) < 4.78 is 0. The zero-order valence-corrected chi connectivity index (χ0v) is 10.7. The maximum atomic E-state index is 11.7. The SMILES string of the molecule is CC(Cc1ccncc1)(C(=O)O)c1ccc(N)cc1. The van der Waals surface area contributed by atoms with E-state index in [-0.39, 0.29) is 0 Å². The van der Waals surface area contributed by atoms with E-state index >= 15 is 0 Å². The summed E-state index contributed by atoms with van der Waals surface area (Å²) in [7, 11) is 0. The van der Waals surface area contributed by atoms with Crippen molar-refractivity contribution in [3.05, 3.63) is 59.9 Å². The summed E-state index contributed by atoms with van der Waals surface area (Å²) in [6.07, 6.45) is 3.75. The molecule has 1 unspecified atom stereocenters. The number of rotatable bonds is 4. The molecule has 1 atom stereocenters. The Morgan fingerprint density at radius 2 is 1.79 bits per heavy atom. The second-order valence-corrected chi connectivity index (χ2v) is 4.79. The number of nitrogen functional groups attached to an aromatic ring is 1. The average Bonchev–Trinajstić information content (AvgIpc) is 2.40. The number of carboxylic acid groups (broad SMARTS) is 1. The van der Waals surface area contributed by atoms with Gasteiger partial charge in [0, 0.05) is 18.1 Å². The number of nitrogens with zero attached hydrogens (tertiary/aromatic N) is 1. The minimum Gasteiger partial charge on any atom is -0.481 e. The van der Waals surface area contributed by atoms with Crippen molar-refractivity contribution in [1.29, 1.82) is 0 Å². The molecule has 0 aliphatic heterocycles. The number of nitrogens with two attached hydrogens (primary N) is 1. The Kier molecular flexibility index (Phi) is 3.51. The van der Waals surface area contributed by atoms with Crippen LogP contribution in [0, 0.1) is 0 Å². The summed E-state index contributed by atoms with van der Waals surface area (Å²) >= 11 is 0. The van der Waals surface area contributed by atoms with Crippen molar-refractivity contribution in [2.75, 3.05) is 5.73 Å². The predicted molar refractivity (Wildman–Crippen MR) is 73.8 cm³/mol. The molecule has 1 aromatic carbocycles. The van der Waals surface area contributed by atoms with Gasteiger partial charge in [0.05, 0.1) is 5.41 Å². The molecule has 0 fully saturated rings. The van der Waals surface area contributed by atoms with Gasteiger partial charge in [-0.2, -0.15) is 0 Å². The van der Waals surface area contributed by atoms with Crippen molar-refractivity contribution in [3.8, 4) is 0 Å². The smallest absolute Gasteiger partial charge is 0.314 e. The maximum absolute atomic E-state index is 11.7. The highest BCUT2D eigenvalue weighted by Crippen LogP contribution is 2.29. The normalized spacial score (nSPS) is 13.7. The van der Waals surface area contributed by atoms with E-state index < -0.39 is 11.4 Å². The highest BCUT2D eigenvalue weighted by Gasteiger charge is 2.35. The van der Waals surface area contributed by atoms with Crippen LogP contribution in [0.1, 0.15) is 18.1 Å². The molecule has 4 nitrogen and oxygen atoms in total. The summed E-state index contributed by atoms with van der Waals surface area (Å²) in [5.74, 6) is -0.853. The quantitative estimate of drug-likeness (QED) is 0.822. The highest BCUT2D eigenvalue weighted by atomic mass is 16.4. The third-order valence-electron chi connectivity index (χ3n) is 3.33. The maximum Gasteiger partial charge on any atom is 0.314 e. The second kappa shape index (κ2) is 5.10. The van der Waals surface area contributed by atoms with Gasteiger partial charge in [-0.15, -0.1) is 0 Å². The number of carbonyl (C=O) groups is 1. The van der Waals surface area contributed by atoms with Gasteiger partial charge >= 0.3 is 5.97 Å². The number of hydrogen-bond acceptors (Lipinski definition) is 3. The van der Waals surface area contributed by atoms with Crippen molar-refractivity contribution < 1.29 is 9.90 Å². The molecule has 4 heteroatoms. The standard InChI is InChI=1S/C15H16N2O2/c1-15(14(18)19,10-11-6-8-17-9-7-11)12-2-4-13(16)5-3-12/h2-9H,10,16H2,1H3,(H,18,19). The first-order valence-electron chi connectivity index (χ1n) is 6.01. The molecule has 0 bridgehead atoms. The summed E-state index contributed by atoms with van der Waals surface area (Å²) in [6, 6.07) is 10.7. The highest BCUT2D eigenvalue weighted by molar-refractivity contribution is 5.81. The molecule has 0 saturated heterocycles. The van der Waals surface area contributed by atoms with Gasteiger partial charge in [-0.25, -0.2) is 0 Å². The first kappa shape index (κ1) is 13.1. The van der Waals surface area contributed by atoms with Gasteiger partial charge in [0.1, 0.15) is 0 Å². The molecular weight excluding hydrogens is 240 g/mol. The van der Waals surface area contributed by atoms with Gasteiger partial charge in [0.15, 0.2) is 0 Å². The molecule has 19 heavy (non-hydrogen) atoms. The van der Waals surface area contributed by atoms with Crippen LogP contribution in [0.25, 0.3) is 0 Å². The van der Waals surface area contributed by atoms with Crippen molar-refractivity contribution in [2.45, 2.75) is 18.8 Å². The van der Waals surface area contributed by atoms with Crippen molar-refractivity contribution in [2.24, 2.45) is 0 Å². The Labute approximate surface area is 111 Å². The van der Waals surface area contributed by atoms with E-state index in [1.165, 1.54) is 0 Å². The summed E-state index contributed by atoms with van der Waals surface area (Å²) in [5.41, 5.74) is 6.97. The van der Waals surface area contributed by atoms with Crippen LogP contribution in [-0.4, -0.2) is 16.1 Å². The Bertz CT molecular complexity index is 566. The Hall–Kier alpha value is -2.36. The molecule has 3 N–H and O–H groups in total. The van der Waals surface area contributed by atoms with E-state index in [4.69, 9.17) is 5.73 Å². The number of aliphatic carboxylic acids is 1. The largest absolute Gasteiger partial charge is 0.481 e. The third-order valence-corrected chi connectivity index (χ3v) is 3.33. The molecule has 0 amide bonds. The van der Waals surface area contributed by atoms with Gasteiger partial charge in [-0.05, 0) is 48.7 Å². The fourth-order valence-electron chi connectivity index (χ4n) is 2.06. The molecule has 1 aromatic heterocycles. The second-order valence-electron chi connectivity index (χ2n) is 4.79. The first-order valence-corrected chi connectivity index (χ1v) is 6.01. The molecule has 0 aliphatic rings. The van der Waals surface area contributed by atoms with E-state index in [9.17, 15) is 9.90 Å². The van der Waals surface area contributed by atoms with Gasteiger partial charge in [0.2, 0.25) is 0 Å². The van der Waals surface area contributed by atoms with Crippen LogP contribution in [-0.2, 0) is 16.6 Å².